The van der Waals surface area contributed by atoms with E-state index in [0.29, 0.717) is 5.92 Å². The number of likely N-dealkylation sites (tertiary alicyclic amines) is 1. The van der Waals surface area contributed by atoms with Gasteiger partial charge in [-0.05, 0) is 55.6 Å². The number of anilines is 2. The smallest absolute Gasteiger partial charge is 0.230 e. The van der Waals surface area contributed by atoms with Crippen molar-refractivity contribution in [3.8, 4) is 0 Å². The highest BCUT2D eigenvalue weighted by Crippen LogP contribution is 2.34. The fraction of sp³-hybridized carbons (Fsp3) is 0.346. The predicted molar refractivity (Wildman–Crippen MR) is 138 cm³/mol. The van der Waals surface area contributed by atoms with Gasteiger partial charge in [0.05, 0.1) is 26.6 Å². The number of carbonyl (C=O) groups excluding carboxylic acids is 1. The Morgan fingerprint density at radius 2 is 1.97 bits per heavy atom. The Balaban J connectivity index is 1.29. The standard InChI is InChI=1S/C26H28N4OS2/c1-3-19-10-12-22(13-11-19)30(18(2)31)26-27-21(17-32-26)16-29-14-6-7-20(15-29)25-28-23-8-4-5-9-24(23)33-25/h4-5,8-13,17,20H,3,6-7,14-16H2,1-2H3. The number of rotatable bonds is 6. The van der Waals surface area contributed by atoms with Crippen molar-refractivity contribution in [1.29, 1.82) is 0 Å². The van der Waals surface area contributed by atoms with E-state index < -0.39 is 0 Å². The second kappa shape index (κ2) is 9.71. The highest BCUT2D eigenvalue weighted by Gasteiger charge is 2.25. The van der Waals surface area contributed by atoms with Gasteiger partial charge in [0.1, 0.15) is 0 Å². The van der Waals surface area contributed by atoms with E-state index in [1.807, 2.05) is 23.5 Å². The molecule has 0 bridgehead atoms. The zero-order valence-electron chi connectivity index (χ0n) is 19.0. The molecule has 7 heteroatoms. The van der Waals surface area contributed by atoms with Crippen LogP contribution in [0.5, 0.6) is 0 Å². The van der Waals surface area contributed by atoms with Crippen molar-refractivity contribution in [2.24, 2.45) is 0 Å². The number of hydrogen-bond donors (Lipinski definition) is 0. The molecule has 170 valence electrons. The van der Waals surface area contributed by atoms with E-state index in [4.69, 9.17) is 9.97 Å². The number of para-hydroxylation sites is 1. The molecule has 33 heavy (non-hydrogen) atoms. The van der Waals surface area contributed by atoms with Crippen LogP contribution in [0.4, 0.5) is 10.8 Å². The van der Waals surface area contributed by atoms with Crippen LogP contribution in [-0.2, 0) is 17.8 Å². The number of nitrogens with zero attached hydrogens (tertiary/aromatic N) is 4. The first-order valence-electron chi connectivity index (χ1n) is 11.5. The summed E-state index contributed by atoms with van der Waals surface area (Å²) in [5.74, 6) is 0.453. The molecule has 5 rings (SSSR count). The number of piperidine rings is 1. The van der Waals surface area contributed by atoms with Gasteiger partial charge in [-0.15, -0.1) is 22.7 Å². The summed E-state index contributed by atoms with van der Waals surface area (Å²) in [5, 5.41) is 4.08. The molecule has 0 saturated carbocycles. The Kier molecular flexibility index (Phi) is 6.53. The summed E-state index contributed by atoms with van der Waals surface area (Å²) >= 11 is 3.36. The van der Waals surface area contributed by atoms with Crippen LogP contribution < -0.4 is 4.90 Å². The summed E-state index contributed by atoms with van der Waals surface area (Å²) < 4.78 is 1.27. The first-order valence-corrected chi connectivity index (χ1v) is 13.2. The van der Waals surface area contributed by atoms with Crippen LogP contribution in [0.2, 0.25) is 0 Å². The molecule has 1 fully saturated rings. The maximum atomic E-state index is 12.4. The third kappa shape index (κ3) is 4.86. The maximum absolute atomic E-state index is 12.4. The minimum Gasteiger partial charge on any atom is -0.297 e. The van der Waals surface area contributed by atoms with Crippen LogP contribution in [0.25, 0.3) is 10.2 Å². The summed E-state index contributed by atoms with van der Waals surface area (Å²) in [6, 6.07) is 16.6. The van der Waals surface area contributed by atoms with Gasteiger partial charge in [0.15, 0.2) is 5.13 Å². The number of carbonyl (C=O) groups is 1. The number of aryl methyl sites for hydroxylation is 1. The Morgan fingerprint density at radius 1 is 1.15 bits per heavy atom. The van der Waals surface area contributed by atoms with Gasteiger partial charge in [-0.2, -0.15) is 0 Å². The highest BCUT2D eigenvalue weighted by atomic mass is 32.1. The number of aromatic nitrogens is 2. The van der Waals surface area contributed by atoms with Crippen LogP contribution in [0.3, 0.4) is 0 Å². The molecule has 3 heterocycles. The van der Waals surface area contributed by atoms with Gasteiger partial charge < -0.3 is 0 Å². The molecule has 4 aromatic rings. The molecular weight excluding hydrogens is 448 g/mol. The average molecular weight is 477 g/mol. The lowest BCUT2D eigenvalue weighted by atomic mass is 9.98. The van der Waals surface area contributed by atoms with Crippen LogP contribution >= 0.6 is 22.7 Å². The van der Waals surface area contributed by atoms with Crippen LogP contribution in [0.1, 0.15) is 48.9 Å². The topological polar surface area (TPSA) is 49.3 Å². The number of fused-ring (bicyclic) bond motifs is 1. The lowest BCUT2D eigenvalue weighted by Crippen LogP contribution is -2.34. The zero-order chi connectivity index (χ0) is 22.8. The summed E-state index contributed by atoms with van der Waals surface area (Å²) in [6.45, 7) is 6.61. The van der Waals surface area contributed by atoms with Gasteiger partial charge >= 0.3 is 0 Å². The Morgan fingerprint density at radius 3 is 2.73 bits per heavy atom. The average Bonchev–Trinajstić information content (AvgIpc) is 3.47. The third-order valence-electron chi connectivity index (χ3n) is 6.20. The maximum Gasteiger partial charge on any atom is 0.230 e. The molecule has 1 aliphatic heterocycles. The summed E-state index contributed by atoms with van der Waals surface area (Å²) in [4.78, 5) is 26.4. The highest BCUT2D eigenvalue weighted by molar-refractivity contribution is 7.18. The van der Waals surface area contributed by atoms with Crippen molar-refractivity contribution in [2.75, 3.05) is 18.0 Å². The summed E-state index contributed by atoms with van der Waals surface area (Å²) in [6.07, 6.45) is 3.33. The molecule has 1 atom stereocenters. The Labute approximate surface area is 202 Å². The molecule has 1 aliphatic rings. The minimum atomic E-state index is -0.0194. The van der Waals surface area contributed by atoms with Crippen LogP contribution in [0.15, 0.2) is 53.9 Å². The van der Waals surface area contributed by atoms with Crippen molar-refractivity contribution in [3.05, 3.63) is 70.2 Å². The Hall–Kier alpha value is -2.61. The SMILES string of the molecule is CCc1ccc(N(C(C)=O)c2nc(CN3CCCC(c4nc5ccccc5s4)C3)cs2)cc1. The van der Waals surface area contributed by atoms with Gasteiger partial charge in [0, 0.05) is 31.3 Å². The minimum absolute atomic E-state index is 0.0194. The predicted octanol–water partition coefficient (Wildman–Crippen LogP) is 6.38. The van der Waals surface area contributed by atoms with Gasteiger partial charge in [-0.3, -0.25) is 14.6 Å². The first kappa shape index (κ1) is 22.2. The van der Waals surface area contributed by atoms with E-state index in [2.05, 4.69) is 53.6 Å². The van der Waals surface area contributed by atoms with E-state index in [1.165, 1.54) is 39.4 Å². The van der Waals surface area contributed by atoms with E-state index in [0.717, 1.165) is 48.1 Å². The largest absolute Gasteiger partial charge is 0.297 e. The van der Waals surface area contributed by atoms with Gasteiger partial charge in [-0.1, -0.05) is 31.2 Å². The van der Waals surface area contributed by atoms with E-state index in [9.17, 15) is 4.79 Å². The van der Waals surface area contributed by atoms with Crippen LogP contribution in [-0.4, -0.2) is 33.9 Å². The number of benzene rings is 2. The van der Waals surface area contributed by atoms with Gasteiger partial charge in [0.2, 0.25) is 5.91 Å². The van der Waals surface area contributed by atoms with E-state index in [-0.39, 0.29) is 5.91 Å². The summed E-state index contributed by atoms with van der Waals surface area (Å²) in [7, 11) is 0. The lowest BCUT2D eigenvalue weighted by Gasteiger charge is -2.31. The van der Waals surface area contributed by atoms with Gasteiger partial charge in [0.25, 0.3) is 0 Å². The molecule has 1 amide bonds. The second-order valence-corrected chi connectivity index (χ2v) is 10.5. The first-order chi connectivity index (χ1) is 16.1. The third-order valence-corrected chi connectivity index (χ3v) is 8.27. The quantitative estimate of drug-likeness (QED) is 0.324. The molecule has 1 unspecified atom stereocenters. The zero-order valence-corrected chi connectivity index (χ0v) is 20.7. The monoisotopic (exact) mass is 476 g/mol. The fourth-order valence-corrected chi connectivity index (χ4v) is 6.44. The molecule has 0 N–H and O–H groups in total. The molecule has 0 spiro atoms. The molecule has 0 radical (unpaired) electrons. The van der Waals surface area contributed by atoms with E-state index >= 15 is 0 Å². The number of thiazole rings is 2. The number of amides is 1. The molecule has 2 aromatic heterocycles. The van der Waals surface area contributed by atoms with Crippen molar-refractivity contribution in [3.63, 3.8) is 0 Å². The van der Waals surface area contributed by atoms with Crippen molar-refractivity contribution < 1.29 is 4.79 Å². The molecule has 0 aliphatic carbocycles. The molecule has 1 saturated heterocycles. The van der Waals surface area contributed by atoms with Crippen molar-refractivity contribution in [1.82, 2.24) is 14.9 Å². The number of hydrogen-bond acceptors (Lipinski definition) is 6. The normalized spacial score (nSPS) is 16.8. The molecular formula is C26H28N4OS2. The van der Waals surface area contributed by atoms with Crippen molar-refractivity contribution in [2.45, 2.75) is 45.6 Å². The molecule has 2 aromatic carbocycles. The van der Waals surface area contributed by atoms with Crippen molar-refractivity contribution >= 4 is 49.6 Å². The fourth-order valence-electron chi connectivity index (χ4n) is 4.47. The van der Waals surface area contributed by atoms with Gasteiger partial charge in [-0.25, -0.2) is 9.97 Å². The van der Waals surface area contributed by atoms with E-state index in [1.54, 1.807) is 11.8 Å². The molecule has 5 nitrogen and oxygen atoms in total. The second-order valence-electron chi connectivity index (χ2n) is 8.59. The lowest BCUT2D eigenvalue weighted by molar-refractivity contribution is -0.115. The summed E-state index contributed by atoms with van der Waals surface area (Å²) in [5.41, 5.74) is 4.26. The van der Waals surface area contributed by atoms with Crippen LogP contribution in [0, 0.1) is 0 Å². The Bertz CT molecular complexity index is 1210.